The van der Waals surface area contributed by atoms with E-state index in [1.165, 1.54) is 0 Å². The van der Waals surface area contributed by atoms with Gasteiger partial charge in [-0.3, -0.25) is 4.79 Å². The Hall–Kier alpha value is -1.14. The van der Waals surface area contributed by atoms with Crippen molar-refractivity contribution < 1.29 is 19.4 Å². The van der Waals surface area contributed by atoms with Crippen LogP contribution in [0.4, 0.5) is 0 Å². The number of carbonyl (C=O) groups excluding carboxylic acids is 1. The highest BCUT2D eigenvalue weighted by atomic mass is 16.5. The second kappa shape index (κ2) is 4.92. The van der Waals surface area contributed by atoms with Gasteiger partial charge in [-0.1, -0.05) is 0 Å². The zero-order valence-electron chi connectivity index (χ0n) is 7.73. The second-order valence-corrected chi connectivity index (χ2v) is 3.21. The molecule has 1 atom stereocenters. The number of ether oxygens (including phenoxy) is 1. The molecular weight excluding hydrogens is 188 g/mol. The van der Waals surface area contributed by atoms with Gasteiger partial charge in [0.1, 0.15) is 6.73 Å². The van der Waals surface area contributed by atoms with E-state index in [0.717, 1.165) is 12.8 Å². The molecule has 6 nitrogen and oxygen atoms in total. The average molecular weight is 202 g/mol. The van der Waals surface area contributed by atoms with Crippen molar-refractivity contribution in [2.75, 3.05) is 13.3 Å². The fourth-order valence-electron chi connectivity index (χ4n) is 1.09. The molecule has 1 saturated carbocycles. The van der Waals surface area contributed by atoms with Gasteiger partial charge in [0.15, 0.2) is 6.10 Å². The van der Waals surface area contributed by atoms with Crippen molar-refractivity contribution >= 4 is 11.9 Å². The minimum absolute atomic E-state index is 0.0937. The number of hydrogen-bond acceptors (Lipinski definition) is 4. The third-order valence-electron chi connectivity index (χ3n) is 2.01. The monoisotopic (exact) mass is 202 g/mol. The summed E-state index contributed by atoms with van der Waals surface area (Å²) >= 11 is 0. The van der Waals surface area contributed by atoms with Gasteiger partial charge in [-0.05, 0) is 18.8 Å². The number of carbonyl (C=O) groups is 2. The van der Waals surface area contributed by atoms with Crippen molar-refractivity contribution in [2.45, 2.75) is 18.9 Å². The summed E-state index contributed by atoms with van der Waals surface area (Å²) in [6, 6.07) is 0. The van der Waals surface area contributed by atoms with Crippen LogP contribution in [0, 0.1) is 5.92 Å². The standard InChI is InChI=1S/C8H14N2O4/c9-3-6(11)10-4-14-7(8(12)13)5-1-2-5/h5,7H,1-4,9H2,(H,10,11)(H,12,13)/t7-/m1/s1. The number of aliphatic carboxylic acids is 1. The minimum Gasteiger partial charge on any atom is -0.479 e. The molecule has 0 bridgehead atoms. The Labute approximate surface area is 81.4 Å². The summed E-state index contributed by atoms with van der Waals surface area (Å²) in [6.45, 7) is -0.214. The highest BCUT2D eigenvalue weighted by Crippen LogP contribution is 2.34. The van der Waals surface area contributed by atoms with Gasteiger partial charge >= 0.3 is 5.97 Å². The van der Waals surface area contributed by atoms with Crippen molar-refractivity contribution in [3.05, 3.63) is 0 Å². The molecule has 0 aromatic heterocycles. The Morgan fingerprint density at radius 3 is 2.64 bits per heavy atom. The molecule has 0 saturated heterocycles. The Kier molecular flexibility index (Phi) is 3.84. The normalized spacial score (nSPS) is 17.5. The van der Waals surface area contributed by atoms with E-state index in [9.17, 15) is 9.59 Å². The highest BCUT2D eigenvalue weighted by molar-refractivity contribution is 5.77. The molecule has 0 unspecified atom stereocenters. The quantitative estimate of drug-likeness (QED) is 0.474. The molecule has 0 aliphatic heterocycles. The summed E-state index contributed by atoms with van der Waals surface area (Å²) in [5, 5.41) is 11.1. The van der Waals surface area contributed by atoms with E-state index in [-0.39, 0.29) is 25.1 Å². The maximum Gasteiger partial charge on any atom is 0.333 e. The molecule has 1 aliphatic rings. The number of carboxylic acids is 1. The molecular formula is C8H14N2O4. The molecule has 1 rings (SSSR count). The fraction of sp³-hybridized carbons (Fsp3) is 0.750. The summed E-state index contributed by atoms with van der Waals surface area (Å²) in [5.41, 5.74) is 5.04. The first kappa shape index (κ1) is 10.9. The summed E-state index contributed by atoms with van der Waals surface area (Å²) in [6.07, 6.45) is 0.955. The van der Waals surface area contributed by atoms with Crippen molar-refractivity contribution in [1.29, 1.82) is 0 Å². The molecule has 1 amide bonds. The largest absolute Gasteiger partial charge is 0.479 e. The van der Waals surface area contributed by atoms with Crippen LogP contribution in [-0.4, -0.2) is 36.4 Å². The molecule has 0 radical (unpaired) electrons. The number of amides is 1. The number of hydrogen-bond donors (Lipinski definition) is 3. The smallest absolute Gasteiger partial charge is 0.333 e. The molecule has 1 aliphatic carbocycles. The minimum atomic E-state index is -0.977. The van der Waals surface area contributed by atoms with Gasteiger partial charge in [0.25, 0.3) is 0 Å². The maximum atomic E-state index is 10.7. The lowest BCUT2D eigenvalue weighted by Gasteiger charge is -2.12. The number of carboxylic acid groups (broad SMARTS) is 1. The Morgan fingerprint density at radius 1 is 1.57 bits per heavy atom. The molecule has 6 heteroatoms. The van der Waals surface area contributed by atoms with Crippen LogP contribution < -0.4 is 11.1 Å². The lowest BCUT2D eigenvalue weighted by atomic mass is 10.2. The Balaban J connectivity index is 2.20. The third-order valence-corrected chi connectivity index (χ3v) is 2.01. The molecule has 0 heterocycles. The van der Waals surface area contributed by atoms with E-state index in [0.29, 0.717) is 0 Å². The second-order valence-electron chi connectivity index (χ2n) is 3.21. The SMILES string of the molecule is NCC(=O)NCO[C@@H](C(=O)O)C1CC1. The summed E-state index contributed by atoms with van der Waals surface area (Å²) in [4.78, 5) is 21.3. The molecule has 1 fully saturated rings. The molecule has 14 heavy (non-hydrogen) atoms. The first-order valence-electron chi connectivity index (χ1n) is 4.46. The zero-order chi connectivity index (χ0) is 10.6. The fourth-order valence-corrected chi connectivity index (χ4v) is 1.09. The van der Waals surface area contributed by atoms with Crippen LogP contribution in [-0.2, 0) is 14.3 Å². The van der Waals surface area contributed by atoms with Crippen LogP contribution in [0.1, 0.15) is 12.8 Å². The lowest BCUT2D eigenvalue weighted by Crippen LogP contribution is -2.36. The topological polar surface area (TPSA) is 102 Å². The van der Waals surface area contributed by atoms with Gasteiger partial charge in [0.2, 0.25) is 5.91 Å². The van der Waals surface area contributed by atoms with Crippen LogP contribution in [0.15, 0.2) is 0 Å². The van der Waals surface area contributed by atoms with Crippen molar-refractivity contribution in [3.63, 3.8) is 0 Å². The molecule has 0 aromatic carbocycles. The predicted octanol–water partition coefficient (Wildman–Crippen LogP) is -1.10. The van der Waals surface area contributed by atoms with Crippen LogP contribution in [0.25, 0.3) is 0 Å². The van der Waals surface area contributed by atoms with Crippen LogP contribution in [0.3, 0.4) is 0 Å². The summed E-state index contributed by atoms with van der Waals surface area (Å²) in [5.74, 6) is -1.23. The molecule has 80 valence electrons. The number of rotatable bonds is 6. The molecule has 4 N–H and O–H groups in total. The van der Waals surface area contributed by atoms with Crippen LogP contribution in [0.5, 0.6) is 0 Å². The number of nitrogens with one attached hydrogen (secondary N) is 1. The molecule has 0 aromatic rings. The zero-order valence-corrected chi connectivity index (χ0v) is 7.73. The van der Waals surface area contributed by atoms with E-state index < -0.39 is 12.1 Å². The Morgan fingerprint density at radius 2 is 2.21 bits per heavy atom. The average Bonchev–Trinajstić information content (AvgIpc) is 2.94. The molecule has 0 spiro atoms. The third kappa shape index (κ3) is 3.31. The van der Waals surface area contributed by atoms with Crippen LogP contribution in [0.2, 0.25) is 0 Å². The van der Waals surface area contributed by atoms with E-state index in [1.54, 1.807) is 0 Å². The Bertz CT molecular complexity index is 227. The van der Waals surface area contributed by atoms with Gasteiger partial charge in [-0.2, -0.15) is 0 Å². The maximum absolute atomic E-state index is 10.7. The van der Waals surface area contributed by atoms with Crippen molar-refractivity contribution in [3.8, 4) is 0 Å². The van der Waals surface area contributed by atoms with Gasteiger partial charge in [-0.15, -0.1) is 0 Å². The first-order valence-corrected chi connectivity index (χ1v) is 4.46. The van der Waals surface area contributed by atoms with Crippen molar-refractivity contribution in [2.24, 2.45) is 11.7 Å². The van der Waals surface area contributed by atoms with E-state index in [1.807, 2.05) is 0 Å². The summed E-state index contributed by atoms with van der Waals surface area (Å²) in [7, 11) is 0. The van der Waals surface area contributed by atoms with E-state index in [2.05, 4.69) is 5.32 Å². The number of nitrogens with two attached hydrogens (primary N) is 1. The van der Waals surface area contributed by atoms with Gasteiger partial charge in [-0.25, -0.2) is 4.79 Å². The van der Waals surface area contributed by atoms with Crippen molar-refractivity contribution in [1.82, 2.24) is 5.32 Å². The van der Waals surface area contributed by atoms with E-state index >= 15 is 0 Å². The van der Waals surface area contributed by atoms with E-state index in [4.69, 9.17) is 15.6 Å². The predicted molar refractivity (Wildman–Crippen MR) is 47.3 cm³/mol. The summed E-state index contributed by atoms with van der Waals surface area (Å²) < 4.78 is 5.01. The van der Waals surface area contributed by atoms with Gasteiger partial charge in [0.05, 0.1) is 6.54 Å². The van der Waals surface area contributed by atoms with Gasteiger partial charge in [0, 0.05) is 0 Å². The van der Waals surface area contributed by atoms with Gasteiger partial charge < -0.3 is 20.9 Å². The first-order chi connectivity index (χ1) is 6.65. The van der Waals surface area contributed by atoms with Crippen LogP contribution >= 0.6 is 0 Å². The lowest BCUT2D eigenvalue weighted by molar-refractivity contribution is -0.153. The highest BCUT2D eigenvalue weighted by Gasteiger charge is 2.37.